The van der Waals surface area contributed by atoms with Gasteiger partial charge < -0.3 is 5.73 Å². The van der Waals surface area contributed by atoms with E-state index in [1.165, 1.54) is 4.57 Å². The molecule has 0 radical (unpaired) electrons. The predicted octanol–water partition coefficient (Wildman–Crippen LogP) is -0.0451. The Morgan fingerprint density at radius 1 is 1.60 bits per heavy atom. The molecule has 0 amide bonds. The van der Waals surface area contributed by atoms with Gasteiger partial charge >= 0.3 is 0 Å². The van der Waals surface area contributed by atoms with Crippen molar-refractivity contribution >= 4 is 17.7 Å². The molecular formula is C10H13N4O+. The average Bonchev–Trinajstić information content (AvgIpc) is 2.50. The van der Waals surface area contributed by atoms with Crippen LogP contribution in [-0.4, -0.2) is 28.3 Å². The molecule has 78 valence electrons. The van der Waals surface area contributed by atoms with Gasteiger partial charge in [-0.25, -0.2) is 0 Å². The van der Waals surface area contributed by atoms with Gasteiger partial charge in [0.05, 0.1) is 5.69 Å². The number of rotatable bonds is 0. The second-order valence-electron chi connectivity index (χ2n) is 3.61. The van der Waals surface area contributed by atoms with E-state index in [0.29, 0.717) is 5.84 Å². The summed E-state index contributed by atoms with van der Waals surface area (Å²) in [6.07, 6.45) is 3.62. The van der Waals surface area contributed by atoms with Crippen molar-refractivity contribution in [1.29, 1.82) is 0 Å². The maximum Gasteiger partial charge on any atom is 0.279 e. The van der Waals surface area contributed by atoms with Gasteiger partial charge in [-0.2, -0.15) is 0 Å². The third-order valence-corrected chi connectivity index (χ3v) is 2.33. The van der Waals surface area contributed by atoms with Crippen LogP contribution in [0.4, 0.5) is 5.69 Å². The van der Waals surface area contributed by atoms with Gasteiger partial charge in [0, 0.05) is 11.3 Å². The van der Waals surface area contributed by atoms with Crippen molar-refractivity contribution in [3.05, 3.63) is 28.7 Å². The first-order chi connectivity index (χ1) is 7.09. The standard InChI is InChI=1S/C10H13N4O/c1-7-6-13(2)12-9(7)14-5-3-4-8(11)10(14)15/h3-7H,11H2,1-2H3/q+1. The van der Waals surface area contributed by atoms with E-state index in [1.54, 1.807) is 23.0 Å². The predicted molar refractivity (Wildman–Crippen MR) is 59.4 cm³/mol. The summed E-state index contributed by atoms with van der Waals surface area (Å²) in [6, 6.07) is 3.33. The zero-order valence-electron chi connectivity index (χ0n) is 8.71. The molecule has 0 aromatic carbocycles. The Morgan fingerprint density at radius 2 is 2.33 bits per heavy atom. The zero-order chi connectivity index (χ0) is 11.0. The summed E-state index contributed by atoms with van der Waals surface area (Å²) in [5.74, 6) is 0.823. The fourth-order valence-electron chi connectivity index (χ4n) is 1.64. The van der Waals surface area contributed by atoms with Gasteiger partial charge in [-0.05, 0) is 19.1 Å². The van der Waals surface area contributed by atoms with Gasteiger partial charge in [-0.1, -0.05) is 4.68 Å². The van der Waals surface area contributed by atoms with Gasteiger partial charge in [0.2, 0.25) is 0 Å². The minimum atomic E-state index is -0.216. The number of aromatic nitrogens is 1. The molecule has 5 heteroatoms. The van der Waals surface area contributed by atoms with E-state index < -0.39 is 0 Å². The van der Waals surface area contributed by atoms with E-state index >= 15 is 0 Å². The average molecular weight is 205 g/mol. The third-order valence-electron chi connectivity index (χ3n) is 2.33. The molecule has 0 fully saturated rings. The lowest BCUT2D eigenvalue weighted by atomic mass is 10.2. The highest BCUT2D eigenvalue weighted by molar-refractivity contribution is 5.98. The lowest BCUT2D eigenvalue weighted by Gasteiger charge is -2.05. The molecule has 2 rings (SSSR count). The molecule has 1 aromatic rings. The first kappa shape index (κ1) is 9.64. The molecule has 0 saturated heterocycles. The Morgan fingerprint density at radius 3 is 2.93 bits per heavy atom. The van der Waals surface area contributed by atoms with E-state index in [9.17, 15) is 4.79 Å². The first-order valence-electron chi connectivity index (χ1n) is 4.73. The van der Waals surface area contributed by atoms with E-state index in [4.69, 9.17) is 5.73 Å². The van der Waals surface area contributed by atoms with Crippen molar-refractivity contribution in [2.45, 2.75) is 6.92 Å². The fraction of sp³-hybridized carbons (Fsp3) is 0.300. The summed E-state index contributed by atoms with van der Waals surface area (Å²) in [6.45, 7) is 1.98. The lowest BCUT2D eigenvalue weighted by molar-refractivity contribution is -0.495. The van der Waals surface area contributed by atoms with Crippen LogP contribution in [0.2, 0.25) is 0 Å². The second kappa shape index (κ2) is 3.34. The topological polar surface area (TPSA) is 63.4 Å². The van der Waals surface area contributed by atoms with E-state index in [2.05, 4.69) is 5.10 Å². The Kier molecular flexibility index (Phi) is 2.15. The van der Waals surface area contributed by atoms with Crippen LogP contribution in [0.1, 0.15) is 6.92 Å². The van der Waals surface area contributed by atoms with E-state index in [0.717, 1.165) is 0 Å². The van der Waals surface area contributed by atoms with E-state index in [-0.39, 0.29) is 17.2 Å². The number of hydrogen-bond donors (Lipinski definition) is 1. The molecule has 5 nitrogen and oxygen atoms in total. The Bertz CT molecular complexity index is 512. The largest absolute Gasteiger partial charge is 0.394 e. The van der Waals surface area contributed by atoms with Crippen LogP contribution in [-0.2, 0) is 0 Å². The number of nitrogens with two attached hydrogens (primary N) is 1. The third kappa shape index (κ3) is 1.56. The minimum Gasteiger partial charge on any atom is -0.394 e. The summed E-state index contributed by atoms with van der Waals surface area (Å²) >= 11 is 0. The number of nitrogen functional groups attached to an aromatic ring is 1. The number of nitrogens with zero attached hydrogens (tertiary/aromatic N) is 3. The van der Waals surface area contributed by atoms with Crippen molar-refractivity contribution in [3.63, 3.8) is 0 Å². The van der Waals surface area contributed by atoms with Crippen LogP contribution in [0.3, 0.4) is 0 Å². The molecule has 1 aromatic heterocycles. The second-order valence-corrected chi connectivity index (χ2v) is 3.61. The Labute approximate surface area is 87.2 Å². The van der Waals surface area contributed by atoms with Crippen LogP contribution in [0.25, 0.3) is 0 Å². The maximum atomic E-state index is 11.7. The maximum absolute atomic E-state index is 11.7. The quantitative estimate of drug-likeness (QED) is 0.604. The Balaban J connectivity index is 2.54. The van der Waals surface area contributed by atoms with Crippen LogP contribution in [0.15, 0.2) is 28.2 Å². The lowest BCUT2D eigenvalue weighted by Crippen LogP contribution is -2.31. The van der Waals surface area contributed by atoms with Gasteiger partial charge in [-0.3, -0.25) is 9.36 Å². The van der Waals surface area contributed by atoms with E-state index in [1.807, 2.05) is 20.2 Å². The fourth-order valence-corrected chi connectivity index (χ4v) is 1.64. The summed E-state index contributed by atoms with van der Waals surface area (Å²) < 4.78 is 3.19. The van der Waals surface area contributed by atoms with Crippen molar-refractivity contribution in [1.82, 2.24) is 4.57 Å². The van der Waals surface area contributed by atoms with Crippen molar-refractivity contribution in [3.8, 4) is 0 Å². The monoisotopic (exact) mass is 205 g/mol. The highest BCUT2D eigenvalue weighted by Crippen LogP contribution is 2.05. The van der Waals surface area contributed by atoms with Crippen LogP contribution < -0.4 is 11.3 Å². The number of pyridine rings is 1. The summed E-state index contributed by atoms with van der Waals surface area (Å²) in [4.78, 5) is 11.7. The molecule has 1 aliphatic heterocycles. The van der Waals surface area contributed by atoms with Gasteiger partial charge in [-0.15, -0.1) is 0 Å². The molecule has 15 heavy (non-hydrogen) atoms. The molecule has 1 atom stereocenters. The summed E-state index contributed by atoms with van der Waals surface area (Å²) in [5, 5.41) is 4.24. The molecule has 0 bridgehead atoms. The highest BCUT2D eigenvalue weighted by Gasteiger charge is 2.24. The molecule has 2 N–H and O–H groups in total. The zero-order valence-corrected chi connectivity index (χ0v) is 8.71. The molecule has 2 heterocycles. The van der Waals surface area contributed by atoms with Gasteiger partial charge in [0.1, 0.15) is 5.92 Å². The number of hydrazone groups is 1. The van der Waals surface area contributed by atoms with Crippen molar-refractivity contribution in [2.75, 3.05) is 12.8 Å². The smallest absolute Gasteiger partial charge is 0.279 e. The highest BCUT2D eigenvalue weighted by atomic mass is 16.1. The summed E-state index contributed by atoms with van der Waals surface area (Å²) in [5.41, 5.74) is 5.58. The SMILES string of the molecule is CC1C=[N+](C)N=C1n1cccc(N)c1=O. The molecule has 0 saturated carbocycles. The van der Waals surface area contributed by atoms with Crippen LogP contribution in [0.5, 0.6) is 0 Å². The molecule has 1 unspecified atom stereocenters. The van der Waals surface area contributed by atoms with Gasteiger partial charge in [0.25, 0.3) is 5.56 Å². The summed E-state index contributed by atoms with van der Waals surface area (Å²) in [7, 11) is 1.83. The van der Waals surface area contributed by atoms with Crippen LogP contribution >= 0.6 is 0 Å². The normalized spacial score (nSPS) is 20.0. The first-order valence-corrected chi connectivity index (χ1v) is 4.73. The van der Waals surface area contributed by atoms with Crippen LogP contribution in [0, 0.1) is 5.92 Å². The Hall–Kier alpha value is -1.91. The molecular weight excluding hydrogens is 192 g/mol. The molecule has 0 aliphatic carbocycles. The van der Waals surface area contributed by atoms with Crippen molar-refractivity contribution in [2.24, 2.45) is 11.0 Å². The number of anilines is 1. The molecule has 0 spiro atoms. The molecule has 1 aliphatic rings. The number of hydrogen-bond acceptors (Lipinski definition) is 3. The van der Waals surface area contributed by atoms with Crippen molar-refractivity contribution < 1.29 is 4.68 Å². The minimum absolute atomic E-state index is 0.120. The van der Waals surface area contributed by atoms with Gasteiger partial charge in [0.15, 0.2) is 19.1 Å².